The predicted octanol–water partition coefficient (Wildman–Crippen LogP) is 1.56. The van der Waals surface area contributed by atoms with Gasteiger partial charge in [-0.1, -0.05) is 12.1 Å². The first-order valence-corrected chi connectivity index (χ1v) is 5.09. The Kier molecular flexibility index (Phi) is 2.87. The van der Waals surface area contributed by atoms with Crippen molar-refractivity contribution in [3.05, 3.63) is 24.3 Å². The van der Waals surface area contributed by atoms with E-state index in [0.29, 0.717) is 5.95 Å². The van der Waals surface area contributed by atoms with Crippen LogP contribution < -0.4 is 10.7 Å². The van der Waals surface area contributed by atoms with Crippen molar-refractivity contribution in [3.63, 3.8) is 0 Å². The Hall–Kier alpha value is -1.88. The number of hydrogen-bond acceptors (Lipinski definition) is 5. The Morgan fingerprint density at radius 2 is 1.88 bits per heavy atom. The van der Waals surface area contributed by atoms with E-state index in [1.807, 2.05) is 50.4 Å². The lowest BCUT2D eigenvalue weighted by atomic mass is 10.2. The number of benzene rings is 1. The van der Waals surface area contributed by atoms with Gasteiger partial charge in [0.15, 0.2) is 5.82 Å². The second-order valence-corrected chi connectivity index (χ2v) is 3.67. The molecule has 84 valence electrons. The average Bonchev–Trinajstić information content (AvgIpc) is 2.28. The van der Waals surface area contributed by atoms with Gasteiger partial charge in [-0.2, -0.15) is 4.98 Å². The van der Waals surface area contributed by atoms with Crippen LogP contribution in [0.25, 0.3) is 10.9 Å². The van der Waals surface area contributed by atoms with Gasteiger partial charge >= 0.3 is 0 Å². The Bertz CT molecular complexity index is 495. The first-order valence-electron chi connectivity index (χ1n) is 5.09. The molecule has 0 amide bonds. The van der Waals surface area contributed by atoms with E-state index in [0.717, 1.165) is 16.7 Å². The SMILES string of the molecule is CNc1nc(NN(C)C)c2ccccc2n1. The van der Waals surface area contributed by atoms with E-state index in [-0.39, 0.29) is 0 Å². The Morgan fingerprint density at radius 3 is 2.56 bits per heavy atom. The zero-order chi connectivity index (χ0) is 11.5. The van der Waals surface area contributed by atoms with E-state index in [2.05, 4.69) is 20.7 Å². The molecule has 0 aliphatic heterocycles. The number of hydrogen-bond donors (Lipinski definition) is 2. The molecule has 0 atom stereocenters. The molecule has 0 bridgehead atoms. The molecule has 2 N–H and O–H groups in total. The highest BCUT2D eigenvalue weighted by atomic mass is 15.5. The van der Waals surface area contributed by atoms with Crippen molar-refractivity contribution in [1.29, 1.82) is 0 Å². The quantitative estimate of drug-likeness (QED) is 0.764. The van der Waals surface area contributed by atoms with Gasteiger partial charge in [0.25, 0.3) is 0 Å². The minimum Gasteiger partial charge on any atom is -0.357 e. The molecule has 0 unspecified atom stereocenters. The van der Waals surface area contributed by atoms with E-state index in [9.17, 15) is 0 Å². The first kappa shape index (κ1) is 10.6. The molecule has 0 spiro atoms. The molecule has 0 radical (unpaired) electrons. The molecular formula is C11H15N5. The number of anilines is 2. The van der Waals surface area contributed by atoms with Crippen LogP contribution in [0.5, 0.6) is 0 Å². The van der Waals surface area contributed by atoms with E-state index in [4.69, 9.17) is 0 Å². The monoisotopic (exact) mass is 217 g/mol. The van der Waals surface area contributed by atoms with Gasteiger partial charge in [0, 0.05) is 26.5 Å². The molecule has 2 aromatic rings. The highest BCUT2D eigenvalue weighted by Gasteiger charge is 2.06. The maximum atomic E-state index is 4.38. The van der Waals surface area contributed by atoms with Crippen molar-refractivity contribution < 1.29 is 0 Å². The molecule has 5 heteroatoms. The summed E-state index contributed by atoms with van der Waals surface area (Å²) in [5, 5.41) is 5.82. The topological polar surface area (TPSA) is 53.1 Å². The van der Waals surface area contributed by atoms with Crippen molar-refractivity contribution in [1.82, 2.24) is 15.0 Å². The predicted molar refractivity (Wildman–Crippen MR) is 66.4 cm³/mol. The molecular weight excluding hydrogens is 202 g/mol. The maximum Gasteiger partial charge on any atom is 0.225 e. The normalized spacial score (nSPS) is 10.8. The van der Waals surface area contributed by atoms with Crippen molar-refractivity contribution in [2.45, 2.75) is 0 Å². The Balaban J connectivity index is 2.59. The van der Waals surface area contributed by atoms with Gasteiger partial charge in [0.1, 0.15) is 0 Å². The molecule has 2 rings (SSSR count). The average molecular weight is 217 g/mol. The van der Waals surface area contributed by atoms with Gasteiger partial charge in [-0.05, 0) is 12.1 Å². The van der Waals surface area contributed by atoms with Gasteiger partial charge in [-0.3, -0.25) is 0 Å². The van der Waals surface area contributed by atoms with Crippen LogP contribution in [0.1, 0.15) is 0 Å². The Labute approximate surface area is 94.5 Å². The van der Waals surface area contributed by atoms with Crippen LogP contribution >= 0.6 is 0 Å². The summed E-state index contributed by atoms with van der Waals surface area (Å²) in [6, 6.07) is 7.92. The number of fused-ring (bicyclic) bond motifs is 1. The molecule has 0 aliphatic carbocycles. The van der Waals surface area contributed by atoms with Gasteiger partial charge in [-0.15, -0.1) is 0 Å². The van der Waals surface area contributed by atoms with Crippen LogP contribution in [0.3, 0.4) is 0 Å². The minimum atomic E-state index is 0.614. The molecule has 0 saturated carbocycles. The summed E-state index contributed by atoms with van der Waals surface area (Å²) in [5.74, 6) is 1.42. The smallest absolute Gasteiger partial charge is 0.225 e. The van der Waals surface area contributed by atoms with Gasteiger partial charge in [0.05, 0.1) is 5.52 Å². The highest BCUT2D eigenvalue weighted by molar-refractivity contribution is 5.89. The van der Waals surface area contributed by atoms with Crippen molar-refractivity contribution in [2.75, 3.05) is 31.9 Å². The third-order valence-corrected chi connectivity index (χ3v) is 2.16. The number of nitrogens with zero attached hydrogens (tertiary/aromatic N) is 3. The molecule has 0 fully saturated rings. The van der Waals surface area contributed by atoms with Crippen LogP contribution in [0.4, 0.5) is 11.8 Å². The largest absolute Gasteiger partial charge is 0.357 e. The number of aromatic nitrogens is 2. The summed E-state index contributed by atoms with van der Waals surface area (Å²) in [6.45, 7) is 0. The summed E-state index contributed by atoms with van der Waals surface area (Å²) >= 11 is 0. The summed E-state index contributed by atoms with van der Waals surface area (Å²) < 4.78 is 0. The van der Waals surface area contributed by atoms with E-state index in [1.165, 1.54) is 0 Å². The van der Waals surface area contributed by atoms with Crippen LogP contribution in [-0.2, 0) is 0 Å². The van der Waals surface area contributed by atoms with Crippen LogP contribution in [0, 0.1) is 0 Å². The zero-order valence-corrected chi connectivity index (χ0v) is 9.65. The molecule has 1 aromatic carbocycles. The third-order valence-electron chi connectivity index (χ3n) is 2.16. The van der Waals surface area contributed by atoms with Gasteiger partial charge in [-0.25, -0.2) is 9.99 Å². The molecule has 1 aromatic heterocycles. The van der Waals surface area contributed by atoms with Gasteiger partial charge in [0.2, 0.25) is 5.95 Å². The lowest BCUT2D eigenvalue weighted by molar-refractivity contribution is 0.493. The van der Waals surface area contributed by atoms with E-state index in [1.54, 1.807) is 0 Å². The minimum absolute atomic E-state index is 0.614. The van der Waals surface area contributed by atoms with Crippen LogP contribution in [0.2, 0.25) is 0 Å². The number of rotatable bonds is 3. The first-order chi connectivity index (χ1) is 7.70. The third kappa shape index (κ3) is 2.04. The summed E-state index contributed by atoms with van der Waals surface area (Å²) in [6.07, 6.45) is 0. The van der Waals surface area contributed by atoms with Crippen molar-refractivity contribution in [2.24, 2.45) is 0 Å². The number of nitrogens with one attached hydrogen (secondary N) is 2. The molecule has 1 heterocycles. The lowest BCUT2D eigenvalue weighted by Crippen LogP contribution is -2.21. The number of para-hydroxylation sites is 1. The van der Waals surface area contributed by atoms with Crippen LogP contribution in [-0.4, -0.2) is 36.1 Å². The fraction of sp³-hybridized carbons (Fsp3) is 0.273. The molecule has 0 saturated heterocycles. The second-order valence-electron chi connectivity index (χ2n) is 3.67. The molecule has 5 nitrogen and oxygen atoms in total. The second kappa shape index (κ2) is 4.32. The van der Waals surface area contributed by atoms with E-state index < -0.39 is 0 Å². The fourth-order valence-corrected chi connectivity index (χ4v) is 1.49. The molecule has 16 heavy (non-hydrogen) atoms. The van der Waals surface area contributed by atoms with Gasteiger partial charge < -0.3 is 10.7 Å². The summed E-state index contributed by atoms with van der Waals surface area (Å²) in [4.78, 5) is 8.77. The van der Waals surface area contributed by atoms with Crippen molar-refractivity contribution >= 4 is 22.7 Å². The van der Waals surface area contributed by atoms with E-state index >= 15 is 0 Å². The lowest BCUT2D eigenvalue weighted by Gasteiger charge is -2.15. The maximum absolute atomic E-state index is 4.38. The zero-order valence-electron chi connectivity index (χ0n) is 9.65. The van der Waals surface area contributed by atoms with Crippen LogP contribution in [0.15, 0.2) is 24.3 Å². The highest BCUT2D eigenvalue weighted by Crippen LogP contribution is 2.21. The fourth-order valence-electron chi connectivity index (χ4n) is 1.49. The molecule has 0 aliphatic rings. The number of hydrazine groups is 1. The Morgan fingerprint density at radius 1 is 1.12 bits per heavy atom. The summed E-state index contributed by atoms with van der Waals surface area (Å²) in [7, 11) is 5.66. The standard InChI is InChI=1S/C11H15N5/c1-12-11-13-9-7-5-4-6-8(9)10(14-11)15-16(2)3/h4-7H,1-3H3,(H2,12,13,14,15). The van der Waals surface area contributed by atoms with Crippen molar-refractivity contribution in [3.8, 4) is 0 Å². The summed E-state index contributed by atoms with van der Waals surface area (Å²) in [5.41, 5.74) is 4.09.